The number of benzene rings is 1. The van der Waals surface area contributed by atoms with Crippen molar-refractivity contribution in [2.45, 2.75) is 78.7 Å². The lowest BCUT2D eigenvalue weighted by Crippen LogP contribution is -2.41. The van der Waals surface area contributed by atoms with Gasteiger partial charge in [0.2, 0.25) is 0 Å². The molecule has 0 heterocycles. The van der Waals surface area contributed by atoms with Crippen LogP contribution in [0.4, 0.5) is 5.69 Å². The molecule has 0 aliphatic rings. The maximum atomic E-state index is 2.44. The van der Waals surface area contributed by atoms with Crippen LogP contribution in [0.25, 0.3) is 0 Å². The van der Waals surface area contributed by atoms with Crippen LogP contribution in [0.2, 0.25) is 0 Å². The Kier molecular flexibility index (Phi) is 4.35. The first kappa shape index (κ1) is 17.1. The van der Waals surface area contributed by atoms with Gasteiger partial charge in [-0.05, 0) is 42.7 Å². The normalized spacial score (nSPS) is 13.5. The Morgan fingerprint density at radius 1 is 0.700 bits per heavy atom. The molecule has 0 saturated heterocycles. The second-order valence-corrected chi connectivity index (χ2v) is 8.93. The summed E-state index contributed by atoms with van der Waals surface area (Å²) in [5, 5.41) is 0. The zero-order valence-electron chi connectivity index (χ0n) is 15.2. The molecule has 1 rings (SSSR count). The first-order valence-electron chi connectivity index (χ1n) is 7.64. The highest BCUT2D eigenvalue weighted by Crippen LogP contribution is 2.41. The van der Waals surface area contributed by atoms with Gasteiger partial charge in [-0.15, -0.1) is 0 Å². The highest BCUT2D eigenvalue weighted by Gasteiger charge is 2.30. The molecule has 1 heteroatoms. The average Bonchev–Trinajstić information content (AvgIpc) is 2.23. The molecule has 20 heavy (non-hydrogen) atoms. The summed E-state index contributed by atoms with van der Waals surface area (Å²) >= 11 is 0. The molecule has 0 bridgehead atoms. The fraction of sp³-hybridized carbons (Fsp3) is 0.684. The number of anilines is 1. The number of rotatable bonds is 1. The third kappa shape index (κ3) is 3.56. The van der Waals surface area contributed by atoms with Crippen molar-refractivity contribution >= 4 is 5.69 Å². The van der Waals surface area contributed by atoms with Gasteiger partial charge >= 0.3 is 0 Å². The largest absolute Gasteiger partial charge is 0.369 e. The van der Waals surface area contributed by atoms with Crippen LogP contribution in [0.3, 0.4) is 0 Å². The smallest absolute Gasteiger partial charge is 0.0443 e. The number of hydrogen-bond donors (Lipinski definition) is 0. The van der Waals surface area contributed by atoms with Crippen LogP contribution >= 0.6 is 0 Å². The summed E-state index contributed by atoms with van der Waals surface area (Å²) in [6, 6.07) is 6.78. The Morgan fingerprint density at radius 3 is 1.30 bits per heavy atom. The minimum absolute atomic E-state index is 0.112. The molecule has 0 aromatic heterocycles. The predicted octanol–water partition coefficient (Wildman–Crippen LogP) is 5.52. The van der Waals surface area contributed by atoms with Crippen molar-refractivity contribution in [3.63, 3.8) is 0 Å². The summed E-state index contributed by atoms with van der Waals surface area (Å²) < 4.78 is 0. The van der Waals surface area contributed by atoms with Gasteiger partial charge in [0, 0.05) is 18.3 Å². The molecule has 0 N–H and O–H groups in total. The minimum atomic E-state index is 0.112. The van der Waals surface area contributed by atoms with Gasteiger partial charge in [-0.25, -0.2) is 0 Å². The molecular weight excluding hydrogens is 242 g/mol. The Bertz CT molecular complexity index is 432. The zero-order chi connectivity index (χ0) is 15.9. The van der Waals surface area contributed by atoms with Gasteiger partial charge in [-0.3, -0.25) is 0 Å². The Morgan fingerprint density at radius 2 is 1.05 bits per heavy atom. The van der Waals surface area contributed by atoms with Crippen LogP contribution in [-0.4, -0.2) is 12.6 Å². The molecule has 0 spiro atoms. The molecule has 0 aliphatic carbocycles. The first-order valence-corrected chi connectivity index (χ1v) is 7.64. The van der Waals surface area contributed by atoms with E-state index in [4.69, 9.17) is 0 Å². The molecule has 0 radical (unpaired) electrons. The zero-order valence-corrected chi connectivity index (χ0v) is 15.2. The Labute approximate surface area is 126 Å². The van der Waals surface area contributed by atoms with E-state index in [-0.39, 0.29) is 16.4 Å². The van der Waals surface area contributed by atoms with E-state index < -0.39 is 0 Å². The van der Waals surface area contributed by atoms with E-state index in [0.29, 0.717) is 0 Å². The summed E-state index contributed by atoms with van der Waals surface area (Å²) in [7, 11) is 2.22. The van der Waals surface area contributed by atoms with Crippen molar-refractivity contribution in [3.8, 4) is 0 Å². The Balaban J connectivity index is 3.66. The molecule has 0 fully saturated rings. The molecule has 1 aromatic carbocycles. The molecule has 0 aliphatic heterocycles. The lowest BCUT2D eigenvalue weighted by Gasteiger charge is -2.41. The van der Waals surface area contributed by atoms with Gasteiger partial charge in [0.25, 0.3) is 0 Å². The highest BCUT2D eigenvalue weighted by molar-refractivity contribution is 5.64. The third-order valence-electron chi connectivity index (χ3n) is 3.99. The van der Waals surface area contributed by atoms with Crippen LogP contribution in [0, 0.1) is 0 Å². The second kappa shape index (κ2) is 5.09. The van der Waals surface area contributed by atoms with Crippen LogP contribution in [-0.2, 0) is 10.8 Å². The second-order valence-electron chi connectivity index (χ2n) is 8.93. The molecule has 1 aromatic rings. The van der Waals surface area contributed by atoms with Crippen LogP contribution < -0.4 is 4.90 Å². The molecule has 0 saturated carbocycles. The number of para-hydroxylation sites is 1. The molecule has 1 nitrogen and oxygen atoms in total. The van der Waals surface area contributed by atoms with Gasteiger partial charge in [-0.2, -0.15) is 0 Å². The summed E-state index contributed by atoms with van der Waals surface area (Å²) in [5.74, 6) is 0. The van der Waals surface area contributed by atoms with Crippen molar-refractivity contribution in [1.82, 2.24) is 0 Å². The number of nitrogens with zero attached hydrogens (tertiary/aromatic N) is 1. The van der Waals surface area contributed by atoms with Crippen LogP contribution in [0.1, 0.15) is 73.4 Å². The first-order chi connectivity index (χ1) is 8.76. The standard InChI is InChI=1S/C19H33N/c1-17(2,3)14-12-11-13-15(18(4,5)6)16(14)20(10)19(7,8)9/h11-13H,1-10H3. The third-order valence-corrected chi connectivity index (χ3v) is 3.99. The monoisotopic (exact) mass is 275 g/mol. The molecular formula is C19H33N. The van der Waals surface area contributed by atoms with Crippen molar-refractivity contribution in [3.05, 3.63) is 29.3 Å². The summed E-state index contributed by atoms with van der Waals surface area (Å²) in [6.07, 6.45) is 0. The van der Waals surface area contributed by atoms with Gasteiger partial charge in [0.1, 0.15) is 0 Å². The maximum Gasteiger partial charge on any atom is 0.0443 e. The summed E-state index contributed by atoms with van der Waals surface area (Å²) in [6.45, 7) is 20.6. The van der Waals surface area contributed by atoms with E-state index in [2.05, 4.69) is 92.5 Å². The fourth-order valence-corrected chi connectivity index (χ4v) is 2.45. The van der Waals surface area contributed by atoms with Crippen LogP contribution in [0.5, 0.6) is 0 Å². The van der Waals surface area contributed by atoms with Gasteiger partial charge in [0.05, 0.1) is 0 Å². The van der Waals surface area contributed by atoms with Crippen LogP contribution in [0.15, 0.2) is 18.2 Å². The van der Waals surface area contributed by atoms with E-state index in [0.717, 1.165) is 0 Å². The van der Waals surface area contributed by atoms with E-state index >= 15 is 0 Å². The number of hydrogen-bond acceptors (Lipinski definition) is 1. The molecule has 0 unspecified atom stereocenters. The van der Waals surface area contributed by atoms with E-state index in [9.17, 15) is 0 Å². The summed E-state index contributed by atoms with van der Waals surface area (Å²) in [5.41, 5.74) is 4.68. The van der Waals surface area contributed by atoms with Gasteiger partial charge in [0.15, 0.2) is 0 Å². The predicted molar refractivity (Wildman–Crippen MR) is 92.0 cm³/mol. The fourth-order valence-electron chi connectivity index (χ4n) is 2.45. The Hall–Kier alpha value is -0.980. The maximum absolute atomic E-state index is 2.44. The molecule has 114 valence electrons. The van der Waals surface area contributed by atoms with Crippen molar-refractivity contribution in [1.29, 1.82) is 0 Å². The molecule has 0 amide bonds. The quantitative estimate of drug-likeness (QED) is 0.652. The van der Waals surface area contributed by atoms with Crippen molar-refractivity contribution in [2.24, 2.45) is 0 Å². The highest BCUT2D eigenvalue weighted by atomic mass is 15.2. The van der Waals surface area contributed by atoms with Gasteiger partial charge in [-0.1, -0.05) is 59.7 Å². The SMILES string of the molecule is CN(c1c(C(C)(C)C)cccc1C(C)(C)C)C(C)(C)C. The summed E-state index contributed by atoms with van der Waals surface area (Å²) in [4.78, 5) is 2.44. The topological polar surface area (TPSA) is 3.24 Å². The average molecular weight is 275 g/mol. The minimum Gasteiger partial charge on any atom is -0.369 e. The van der Waals surface area contributed by atoms with E-state index in [1.165, 1.54) is 16.8 Å². The lowest BCUT2D eigenvalue weighted by molar-refractivity contribution is 0.511. The van der Waals surface area contributed by atoms with E-state index in [1.54, 1.807) is 0 Å². The molecule has 0 atom stereocenters. The van der Waals surface area contributed by atoms with Crippen molar-refractivity contribution < 1.29 is 0 Å². The van der Waals surface area contributed by atoms with E-state index in [1.807, 2.05) is 0 Å². The van der Waals surface area contributed by atoms with Crippen molar-refractivity contribution in [2.75, 3.05) is 11.9 Å². The lowest BCUT2D eigenvalue weighted by atomic mass is 9.78. The van der Waals surface area contributed by atoms with Gasteiger partial charge < -0.3 is 4.90 Å².